The van der Waals surface area contributed by atoms with E-state index in [1.807, 2.05) is 38.6 Å². The number of nitrogens with zero attached hydrogens (tertiary/aromatic N) is 5. The van der Waals surface area contributed by atoms with Crippen LogP contribution in [0, 0.1) is 5.82 Å². The molecule has 6 rings (SSSR count). The molecule has 0 saturated heterocycles. The van der Waals surface area contributed by atoms with Gasteiger partial charge in [-0.15, -0.1) is 0 Å². The topological polar surface area (TPSA) is 121 Å². The van der Waals surface area contributed by atoms with Crippen molar-refractivity contribution in [1.29, 1.82) is 0 Å². The van der Waals surface area contributed by atoms with E-state index in [0.717, 1.165) is 34.1 Å². The summed E-state index contributed by atoms with van der Waals surface area (Å²) in [5.74, 6) is 0.0299. The highest BCUT2D eigenvalue weighted by Gasteiger charge is 2.17. The van der Waals surface area contributed by atoms with Crippen LogP contribution in [0.3, 0.4) is 0 Å². The summed E-state index contributed by atoms with van der Waals surface area (Å²) < 4.78 is 37.9. The molecular formula is C30H28FN7O2S. The Labute approximate surface area is 236 Å². The van der Waals surface area contributed by atoms with Gasteiger partial charge in [0.15, 0.2) is 11.5 Å². The number of hydrogen-bond acceptors (Lipinski definition) is 7. The van der Waals surface area contributed by atoms with Crippen molar-refractivity contribution in [2.45, 2.75) is 13.0 Å². The summed E-state index contributed by atoms with van der Waals surface area (Å²) in [6, 6.07) is 14.6. The second-order valence-corrected chi connectivity index (χ2v) is 12.8. The number of aromatic amines is 2. The summed E-state index contributed by atoms with van der Waals surface area (Å²) in [6.07, 6.45) is 6.74. The van der Waals surface area contributed by atoms with E-state index in [0.29, 0.717) is 39.4 Å². The smallest absolute Gasteiger partial charge is 0.178 e. The maximum atomic E-state index is 14.6. The Morgan fingerprint density at radius 1 is 0.951 bits per heavy atom. The van der Waals surface area contributed by atoms with Crippen LogP contribution in [0.15, 0.2) is 67.1 Å². The number of hydrogen-bond donors (Lipinski definition) is 2. The number of rotatable bonds is 8. The second-order valence-electron chi connectivity index (χ2n) is 10.5. The summed E-state index contributed by atoms with van der Waals surface area (Å²) in [6.45, 7) is 0.791. The molecule has 41 heavy (non-hydrogen) atoms. The highest BCUT2D eigenvalue weighted by molar-refractivity contribution is 7.90. The second kappa shape index (κ2) is 10.5. The van der Waals surface area contributed by atoms with Crippen molar-refractivity contribution in [2.75, 3.05) is 26.1 Å². The number of aryl methyl sites for hydroxylation is 1. The van der Waals surface area contributed by atoms with Crippen molar-refractivity contribution in [2.24, 2.45) is 0 Å². The van der Waals surface area contributed by atoms with Crippen LogP contribution in [0.1, 0.15) is 11.1 Å². The zero-order valence-electron chi connectivity index (χ0n) is 22.8. The summed E-state index contributed by atoms with van der Waals surface area (Å²) in [4.78, 5) is 19.0. The molecule has 2 aromatic carbocycles. The SMILES string of the molecule is CN(C)Cc1cncc(-c2ccc3[nH]nc(-c4nc5nccc(-c6cc(F)cc(CCS(C)(=O)=O)c6)c5[nH]4)c3c2)c1. The lowest BCUT2D eigenvalue weighted by atomic mass is 10.0. The summed E-state index contributed by atoms with van der Waals surface area (Å²) in [5, 5.41) is 8.51. The van der Waals surface area contributed by atoms with Gasteiger partial charge in [0.05, 0.1) is 16.8 Å². The number of imidazole rings is 1. The molecular weight excluding hydrogens is 541 g/mol. The Hall–Kier alpha value is -4.48. The molecule has 0 saturated carbocycles. The molecule has 0 bridgehead atoms. The van der Waals surface area contributed by atoms with Crippen molar-refractivity contribution >= 4 is 31.9 Å². The van der Waals surface area contributed by atoms with E-state index in [1.54, 1.807) is 18.3 Å². The average molecular weight is 570 g/mol. The number of pyridine rings is 2. The number of benzene rings is 2. The minimum Gasteiger partial charge on any atom is -0.335 e. The van der Waals surface area contributed by atoms with Gasteiger partial charge in [0.25, 0.3) is 0 Å². The van der Waals surface area contributed by atoms with E-state index in [4.69, 9.17) is 4.98 Å². The standard InChI is InChI=1S/C30H28FN7O2S/c1-38(2)17-19-11-22(16-32-15-19)20-4-5-26-25(14-20)28(37-36-26)30-34-27-24(6-8-33-29(27)35-30)21-10-18(12-23(31)13-21)7-9-41(3,39)40/h4-6,8,10-16H,7,9,17H2,1-3H3,(H,36,37)(H,33,34,35). The minimum absolute atomic E-state index is 0.0555. The summed E-state index contributed by atoms with van der Waals surface area (Å²) >= 11 is 0. The van der Waals surface area contributed by atoms with Crippen LogP contribution in [0.25, 0.3) is 55.8 Å². The summed E-state index contributed by atoms with van der Waals surface area (Å²) in [7, 11) is 0.869. The largest absolute Gasteiger partial charge is 0.335 e. The molecule has 0 unspecified atom stereocenters. The lowest BCUT2D eigenvalue weighted by Crippen LogP contribution is -2.10. The highest BCUT2D eigenvalue weighted by atomic mass is 32.2. The molecule has 9 nitrogen and oxygen atoms in total. The third-order valence-corrected chi connectivity index (χ3v) is 7.78. The van der Waals surface area contributed by atoms with Gasteiger partial charge in [0, 0.05) is 47.9 Å². The minimum atomic E-state index is -3.18. The molecule has 0 fully saturated rings. The molecule has 0 atom stereocenters. The van der Waals surface area contributed by atoms with Crippen molar-refractivity contribution in [3.05, 3.63) is 84.1 Å². The first-order chi connectivity index (χ1) is 19.6. The van der Waals surface area contributed by atoms with E-state index in [2.05, 4.69) is 42.2 Å². The van der Waals surface area contributed by atoms with Gasteiger partial charge in [0.1, 0.15) is 21.3 Å². The lowest BCUT2D eigenvalue weighted by Gasteiger charge is -2.10. The maximum absolute atomic E-state index is 14.6. The lowest BCUT2D eigenvalue weighted by molar-refractivity contribution is 0.402. The van der Waals surface area contributed by atoms with Crippen LogP contribution in [0.2, 0.25) is 0 Å². The Balaban J connectivity index is 1.40. The van der Waals surface area contributed by atoms with E-state index in [-0.39, 0.29) is 12.2 Å². The number of fused-ring (bicyclic) bond motifs is 2. The molecule has 0 aliphatic rings. The molecule has 208 valence electrons. The molecule has 4 heterocycles. The van der Waals surface area contributed by atoms with Gasteiger partial charge in [-0.1, -0.05) is 12.1 Å². The highest BCUT2D eigenvalue weighted by Crippen LogP contribution is 2.33. The van der Waals surface area contributed by atoms with Crippen molar-refractivity contribution in [3.8, 4) is 33.8 Å². The average Bonchev–Trinajstić information content (AvgIpc) is 3.54. The predicted octanol–water partition coefficient (Wildman–Crippen LogP) is 5.02. The molecule has 11 heteroatoms. The van der Waals surface area contributed by atoms with Gasteiger partial charge in [-0.25, -0.2) is 22.8 Å². The molecule has 6 aromatic rings. The molecule has 4 aromatic heterocycles. The van der Waals surface area contributed by atoms with Crippen LogP contribution in [-0.2, 0) is 22.8 Å². The molecule has 0 spiro atoms. The molecule has 0 radical (unpaired) electrons. The van der Waals surface area contributed by atoms with Gasteiger partial charge in [0.2, 0.25) is 0 Å². The van der Waals surface area contributed by atoms with Crippen LogP contribution in [0.5, 0.6) is 0 Å². The van der Waals surface area contributed by atoms with Crippen LogP contribution in [0.4, 0.5) is 4.39 Å². The fourth-order valence-corrected chi connectivity index (χ4v) is 5.59. The fourth-order valence-electron chi connectivity index (χ4n) is 4.99. The third kappa shape index (κ3) is 5.72. The normalized spacial score (nSPS) is 12.1. The quantitative estimate of drug-likeness (QED) is 0.264. The Bertz CT molecular complexity index is 2010. The Kier molecular flexibility index (Phi) is 6.84. The van der Waals surface area contributed by atoms with Crippen molar-refractivity contribution in [3.63, 3.8) is 0 Å². The van der Waals surface area contributed by atoms with E-state index >= 15 is 0 Å². The number of aromatic nitrogens is 6. The number of sulfone groups is 1. The zero-order chi connectivity index (χ0) is 28.7. The number of H-pyrrole nitrogens is 2. The van der Waals surface area contributed by atoms with Crippen molar-refractivity contribution in [1.82, 2.24) is 35.0 Å². The predicted molar refractivity (Wildman–Crippen MR) is 158 cm³/mol. The van der Waals surface area contributed by atoms with Gasteiger partial charge in [-0.05, 0) is 79.2 Å². The molecule has 0 amide bonds. The first kappa shape index (κ1) is 26.7. The first-order valence-corrected chi connectivity index (χ1v) is 15.1. The van der Waals surface area contributed by atoms with Crippen LogP contribution >= 0.6 is 0 Å². The van der Waals surface area contributed by atoms with E-state index in [1.165, 1.54) is 18.4 Å². The van der Waals surface area contributed by atoms with Crippen LogP contribution in [-0.4, -0.2) is 69.6 Å². The van der Waals surface area contributed by atoms with Gasteiger partial charge in [-0.3, -0.25) is 10.1 Å². The molecule has 0 aliphatic heterocycles. The summed E-state index contributed by atoms with van der Waals surface area (Å²) in [5.41, 5.74) is 7.63. The zero-order valence-corrected chi connectivity index (χ0v) is 23.6. The number of nitrogens with one attached hydrogen (secondary N) is 2. The molecule has 2 N–H and O–H groups in total. The Morgan fingerprint density at radius 2 is 1.78 bits per heavy atom. The third-order valence-electron chi connectivity index (χ3n) is 6.84. The van der Waals surface area contributed by atoms with E-state index in [9.17, 15) is 12.8 Å². The molecule has 0 aliphatic carbocycles. The first-order valence-electron chi connectivity index (χ1n) is 13.0. The van der Waals surface area contributed by atoms with E-state index < -0.39 is 15.7 Å². The van der Waals surface area contributed by atoms with Gasteiger partial charge < -0.3 is 9.88 Å². The van der Waals surface area contributed by atoms with Gasteiger partial charge >= 0.3 is 0 Å². The van der Waals surface area contributed by atoms with Gasteiger partial charge in [-0.2, -0.15) is 5.10 Å². The monoisotopic (exact) mass is 569 g/mol. The van der Waals surface area contributed by atoms with Crippen molar-refractivity contribution < 1.29 is 12.8 Å². The maximum Gasteiger partial charge on any atom is 0.178 e. The van der Waals surface area contributed by atoms with Crippen LogP contribution < -0.4 is 0 Å². The number of halogens is 1. The fraction of sp³-hybridized carbons (Fsp3) is 0.200. The Morgan fingerprint density at radius 3 is 2.59 bits per heavy atom.